The van der Waals surface area contributed by atoms with E-state index in [0.717, 1.165) is 0 Å². The van der Waals surface area contributed by atoms with Gasteiger partial charge in [0.25, 0.3) is 5.91 Å². The first-order valence-corrected chi connectivity index (χ1v) is 7.10. The van der Waals surface area contributed by atoms with Gasteiger partial charge in [0, 0.05) is 13.0 Å². The van der Waals surface area contributed by atoms with E-state index in [2.05, 4.69) is 5.32 Å². The minimum Gasteiger partial charge on any atom is -0.478 e. The van der Waals surface area contributed by atoms with Crippen LogP contribution in [-0.4, -0.2) is 90.9 Å². The molecule has 6 unspecified atom stereocenters. The number of hydrogen-bond donors (Lipinski definition) is 9. The van der Waals surface area contributed by atoms with E-state index in [-0.39, 0.29) is 25.8 Å². The van der Waals surface area contributed by atoms with Gasteiger partial charge in [-0.25, -0.2) is 4.79 Å². The molecule has 11 nitrogen and oxygen atoms in total. The molecule has 0 amide bonds. The fourth-order valence-corrected chi connectivity index (χ4v) is 2.19. The average Bonchev–Trinajstić information content (AvgIpc) is 2.48. The van der Waals surface area contributed by atoms with E-state index in [9.17, 15) is 30.3 Å². The summed E-state index contributed by atoms with van der Waals surface area (Å²) in [5, 5.41) is 68.5. The fraction of sp³-hybridized carbons (Fsp3) is 0.917. The Morgan fingerprint density at radius 1 is 1.26 bits per heavy atom. The molecule has 1 fully saturated rings. The molecular weight excluding hydrogens is 316 g/mol. The molecule has 0 aromatic rings. The number of carboxylic acids is 1. The second-order valence-electron chi connectivity index (χ2n) is 5.57. The minimum absolute atomic E-state index is 0.0181. The Bertz CT molecular complexity index is 406. The van der Waals surface area contributed by atoms with Gasteiger partial charge in [-0.3, -0.25) is 11.1 Å². The van der Waals surface area contributed by atoms with E-state index in [1.165, 1.54) is 0 Å². The zero-order valence-corrected chi connectivity index (χ0v) is 12.4. The molecule has 1 rings (SSSR count). The van der Waals surface area contributed by atoms with Crippen molar-refractivity contribution in [2.45, 2.75) is 55.3 Å². The standard InChI is InChI=1S/C12H24N2O9/c13-11(21,10(19)20)3-1-2-4-14-12(22)9(18)8(17)7(16)6(5-15)23-12/h6-9,14-18,21-22H,1-5,13H2,(H,19,20). The van der Waals surface area contributed by atoms with Gasteiger partial charge in [-0.15, -0.1) is 0 Å². The Hall–Kier alpha value is -0.890. The summed E-state index contributed by atoms with van der Waals surface area (Å²) in [5.74, 6) is -3.95. The Kier molecular flexibility index (Phi) is 6.82. The maximum absolute atomic E-state index is 10.6. The zero-order valence-electron chi connectivity index (χ0n) is 12.4. The fourth-order valence-electron chi connectivity index (χ4n) is 2.19. The van der Waals surface area contributed by atoms with Crippen molar-refractivity contribution in [2.75, 3.05) is 13.2 Å². The molecule has 1 aliphatic heterocycles. The number of ether oxygens (including phenoxy) is 1. The highest BCUT2D eigenvalue weighted by molar-refractivity contribution is 5.75. The van der Waals surface area contributed by atoms with E-state index in [0.29, 0.717) is 0 Å². The minimum atomic E-state index is -2.39. The second-order valence-corrected chi connectivity index (χ2v) is 5.57. The molecule has 0 radical (unpaired) electrons. The van der Waals surface area contributed by atoms with Crippen LogP contribution >= 0.6 is 0 Å². The van der Waals surface area contributed by atoms with Crippen LogP contribution in [0.25, 0.3) is 0 Å². The molecule has 136 valence electrons. The average molecular weight is 340 g/mol. The van der Waals surface area contributed by atoms with E-state index >= 15 is 0 Å². The highest BCUT2D eigenvalue weighted by Gasteiger charge is 2.52. The number of carbonyl (C=O) groups is 1. The number of nitrogens with two attached hydrogens (primary N) is 1. The van der Waals surface area contributed by atoms with Crippen molar-refractivity contribution in [1.29, 1.82) is 0 Å². The van der Waals surface area contributed by atoms with Crippen LogP contribution in [0.1, 0.15) is 19.3 Å². The maximum atomic E-state index is 10.6. The largest absolute Gasteiger partial charge is 0.478 e. The summed E-state index contributed by atoms with van der Waals surface area (Å²) in [5.41, 5.74) is 2.79. The number of aliphatic hydroxyl groups is 6. The number of aliphatic hydroxyl groups excluding tert-OH is 4. The van der Waals surface area contributed by atoms with Gasteiger partial charge in [0.2, 0.25) is 5.72 Å². The number of aliphatic carboxylic acids is 1. The Morgan fingerprint density at radius 2 is 1.87 bits per heavy atom. The van der Waals surface area contributed by atoms with Crippen molar-refractivity contribution in [3.63, 3.8) is 0 Å². The van der Waals surface area contributed by atoms with E-state index < -0.39 is 48.6 Å². The Balaban J connectivity index is 2.48. The van der Waals surface area contributed by atoms with Crippen LogP contribution in [0.15, 0.2) is 0 Å². The van der Waals surface area contributed by atoms with Gasteiger partial charge in [0.15, 0.2) is 6.10 Å². The molecule has 0 aromatic carbocycles. The molecule has 10 N–H and O–H groups in total. The predicted octanol–water partition coefficient (Wildman–Crippen LogP) is -4.40. The van der Waals surface area contributed by atoms with Crippen molar-refractivity contribution in [3.05, 3.63) is 0 Å². The lowest BCUT2D eigenvalue weighted by atomic mass is 9.96. The number of hydrogen-bond acceptors (Lipinski definition) is 10. The molecule has 1 aliphatic rings. The number of carboxylic acid groups (broad SMARTS) is 1. The van der Waals surface area contributed by atoms with Crippen molar-refractivity contribution in [2.24, 2.45) is 5.73 Å². The van der Waals surface area contributed by atoms with E-state index in [4.69, 9.17) is 20.7 Å². The molecule has 11 heteroatoms. The third-order valence-electron chi connectivity index (χ3n) is 3.70. The van der Waals surface area contributed by atoms with Gasteiger partial charge in [0.1, 0.15) is 18.3 Å². The first kappa shape index (κ1) is 20.2. The Morgan fingerprint density at radius 3 is 2.39 bits per heavy atom. The number of nitrogens with one attached hydrogen (secondary N) is 1. The lowest BCUT2D eigenvalue weighted by molar-refractivity contribution is -0.361. The summed E-state index contributed by atoms with van der Waals surface area (Å²) < 4.78 is 4.97. The van der Waals surface area contributed by atoms with Gasteiger partial charge in [-0.05, 0) is 12.8 Å². The van der Waals surface area contributed by atoms with Crippen LogP contribution in [0.3, 0.4) is 0 Å². The second kappa shape index (κ2) is 7.79. The topological polar surface area (TPSA) is 206 Å². The van der Waals surface area contributed by atoms with Crippen LogP contribution in [0, 0.1) is 0 Å². The summed E-state index contributed by atoms with van der Waals surface area (Å²) in [6.45, 7) is -0.669. The van der Waals surface area contributed by atoms with Crippen molar-refractivity contribution >= 4 is 5.97 Å². The van der Waals surface area contributed by atoms with Gasteiger partial charge < -0.3 is 40.5 Å². The predicted molar refractivity (Wildman–Crippen MR) is 73.6 cm³/mol. The molecule has 23 heavy (non-hydrogen) atoms. The van der Waals surface area contributed by atoms with Gasteiger partial charge in [-0.2, -0.15) is 0 Å². The SMILES string of the molecule is NC(O)(CCCCNC1(O)OC(CO)C(O)C(O)C1O)C(=O)O. The third-order valence-corrected chi connectivity index (χ3v) is 3.70. The summed E-state index contributed by atoms with van der Waals surface area (Å²) in [4.78, 5) is 10.6. The van der Waals surface area contributed by atoms with Crippen LogP contribution < -0.4 is 11.1 Å². The van der Waals surface area contributed by atoms with Gasteiger partial charge in [-0.1, -0.05) is 0 Å². The van der Waals surface area contributed by atoms with Crippen LogP contribution in [0.4, 0.5) is 0 Å². The molecule has 0 saturated carbocycles. The molecule has 0 aliphatic carbocycles. The molecule has 1 heterocycles. The summed E-state index contributed by atoms with van der Waals surface area (Å²) >= 11 is 0. The maximum Gasteiger partial charge on any atom is 0.350 e. The first-order valence-electron chi connectivity index (χ1n) is 7.10. The smallest absolute Gasteiger partial charge is 0.350 e. The zero-order chi connectivity index (χ0) is 17.8. The van der Waals surface area contributed by atoms with Crippen molar-refractivity contribution < 1.29 is 45.3 Å². The van der Waals surface area contributed by atoms with E-state index in [1.54, 1.807) is 0 Å². The molecule has 1 saturated heterocycles. The van der Waals surface area contributed by atoms with Crippen LogP contribution in [0.2, 0.25) is 0 Å². The monoisotopic (exact) mass is 340 g/mol. The van der Waals surface area contributed by atoms with Gasteiger partial charge in [0.05, 0.1) is 6.61 Å². The number of unbranched alkanes of at least 4 members (excludes halogenated alkanes) is 1. The summed E-state index contributed by atoms with van der Waals surface area (Å²) in [6.07, 6.45) is -6.26. The Labute approximate surface area is 131 Å². The molecule has 0 aromatic heterocycles. The van der Waals surface area contributed by atoms with Crippen LogP contribution in [0.5, 0.6) is 0 Å². The molecule has 6 atom stereocenters. The lowest BCUT2D eigenvalue weighted by Gasteiger charge is -2.45. The number of rotatable bonds is 8. The molecule has 0 spiro atoms. The highest BCUT2D eigenvalue weighted by atomic mass is 16.7. The quantitative estimate of drug-likeness (QED) is 0.152. The summed E-state index contributed by atoms with van der Waals surface area (Å²) in [6, 6.07) is 0. The lowest BCUT2D eigenvalue weighted by Crippen LogP contribution is -2.70. The highest BCUT2D eigenvalue weighted by Crippen LogP contribution is 2.26. The molecule has 0 bridgehead atoms. The van der Waals surface area contributed by atoms with Crippen molar-refractivity contribution in [3.8, 4) is 0 Å². The van der Waals surface area contributed by atoms with Crippen LogP contribution in [-0.2, 0) is 9.53 Å². The van der Waals surface area contributed by atoms with E-state index in [1.807, 2.05) is 0 Å². The molecular formula is C12H24N2O9. The summed E-state index contributed by atoms with van der Waals surface area (Å²) in [7, 11) is 0. The van der Waals surface area contributed by atoms with Crippen molar-refractivity contribution in [1.82, 2.24) is 5.32 Å². The normalized spacial score (nSPS) is 37.3. The van der Waals surface area contributed by atoms with Gasteiger partial charge >= 0.3 is 5.97 Å². The third kappa shape index (κ3) is 4.79. The first-order chi connectivity index (χ1) is 10.5.